The van der Waals surface area contributed by atoms with E-state index in [2.05, 4.69) is 231 Å². The van der Waals surface area contributed by atoms with E-state index < -0.39 is 0 Å². The molecular formula is C80H169N45. The van der Waals surface area contributed by atoms with Gasteiger partial charge in [-0.25, -0.2) is 15.0 Å². The fourth-order valence-electron chi connectivity index (χ4n) is 11.5. The van der Waals surface area contributed by atoms with E-state index in [0.29, 0.717) is 29.8 Å². The minimum Gasteiger partial charge on any atom is -0.346 e. The van der Waals surface area contributed by atoms with Gasteiger partial charge in [0, 0.05) is 143 Å². The normalized spacial score (nSPS) is 24.8. The maximum absolute atomic E-state index is 7.73. The molecule has 714 valence electrons. The van der Waals surface area contributed by atoms with E-state index in [4.69, 9.17) is 27.0 Å². The van der Waals surface area contributed by atoms with Crippen molar-refractivity contribution in [3.63, 3.8) is 0 Å². The molecule has 0 aliphatic carbocycles. The Balaban J connectivity index is 0.000000704. The molecule has 125 heavy (non-hydrogen) atoms. The first-order valence-corrected chi connectivity index (χ1v) is 44.7. The molecule has 0 aromatic carbocycles. The first-order valence-electron chi connectivity index (χ1n) is 44.7. The number of nitrogens with one attached hydrogen (secondary N) is 24. The van der Waals surface area contributed by atoms with Gasteiger partial charge in [-0.2, -0.15) is 0 Å². The van der Waals surface area contributed by atoms with Crippen LogP contribution in [0.1, 0.15) is 215 Å². The van der Waals surface area contributed by atoms with Gasteiger partial charge in [-0.3, -0.25) is 123 Å². The number of aliphatic imine (C=N–C) groups is 13. The summed E-state index contributed by atoms with van der Waals surface area (Å²) in [6.45, 7) is 44.8. The predicted octanol–water partition coefficient (Wildman–Crippen LogP) is 3.23. The third-order valence-corrected chi connectivity index (χ3v) is 18.6. The molecule has 0 saturated carbocycles. The van der Waals surface area contributed by atoms with Gasteiger partial charge in [0.2, 0.25) is 29.8 Å². The van der Waals surface area contributed by atoms with Crippen molar-refractivity contribution >= 4 is 107 Å². The van der Waals surface area contributed by atoms with Crippen LogP contribution >= 0.6 is 0 Å². The summed E-state index contributed by atoms with van der Waals surface area (Å²) >= 11 is 0. The van der Waals surface area contributed by atoms with Crippen LogP contribution < -0.4 is 101 Å². The van der Waals surface area contributed by atoms with E-state index >= 15 is 0 Å². The number of hydrogen-bond donors (Lipinski definition) is 24. The summed E-state index contributed by atoms with van der Waals surface area (Å²) in [5.74, 6) is 12.5. The smallest absolute Gasteiger partial charge is 0.205 e. The molecule has 24 N–H and O–H groups in total. The van der Waals surface area contributed by atoms with Gasteiger partial charge in [-0.15, -0.1) is 0 Å². The number of hydrogen-bond acceptors (Lipinski definition) is 21. The summed E-state index contributed by atoms with van der Waals surface area (Å²) in [7, 11) is 22.2. The average Bonchev–Trinajstić information content (AvgIpc) is 0.836. The van der Waals surface area contributed by atoms with E-state index in [9.17, 15) is 0 Å². The summed E-state index contributed by atoms with van der Waals surface area (Å²) < 4.78 is 0. The van der Waals surface area contributed by atoms with Crippen LogP contribution in [0.3, 0.4) is 0 Å². The third-order valence-electron chi connectivity index (χ3n) is 18.6. The lowest BCUT2D eigenvalue weighted by Crippen LogP contribution is -2.62. The number of rotatable bonds is 23. The summed E-state index contributed by atoms with van der Waals surface area (Å²) in [5, 5.41) is 96.9. The fraction of sp³-hybridized carbons (Fsp3) is 0.775. The quantitative estimate of drug-likeness (QED) is 0.0653. The minimum absolute atomic E-state index is 0.00648. The molecule has 0 spiro atoms. The summed E-state index contributed by atoms with van der Waals surface area (Å²) in [6, 6.07) is 0. The van der Waals surface area contributed by atoms with E-state index in [-0.39, 0.29) is 55.5 Å². The van der Waals surface area contributed by atoms with Gasteiger partial charge in [0.25, 0.3) is 0 Å². The Kier molecular flexibility index (Phi) is 56.8. The van der Waals surface area contributed by atoms with Crippen molar-refractivity contribution in [3.8, 4) is 0 Å². The van der Waals surface area contributed by atoms with Gasteiger partial charge < -0.3 is 94.5 Å². The predicted molar refractivity (Wildman–Crippen MR) is 525 cm³/mol. The van der Waals surface area contributed by atoms with Gasteiger partial charge in [0.05, 0.1) is 37.0 Å². The molecule has 45 heteroatoms. The topological polar surface area (TPSA) is 534 Å². The standard InChI is InChI=1S/3C10H21N5.3C9H19N5.2C8H17N5.C7H15N5/c1-5-6-7-14(3)10-13-8(2)12-9(11)15(10)4;1-4-5-6-7-12-10-14-8(2)13-9(11)15(10)3;1-4-5-6-7-12-10-14-8(2)13-9(11-3)15-10;1-5-6-13(3)9-12-7(2)11-8(10)14(9)4;1-4-5-6-11-9-13-7(2)12-8(10)14(9)3;1-4-5-6-11-9-13-7(2)12-8(10-3)14-9;1-5-12(3)8-11-6(2)10-7(9)13(8)4;1-4-5-10-8-12-6(2)11-7(9-3)13-8;1-4-9-7-11-5(2)10-6(8-3)12-7/h8H,5-7H2,1-4H3,(H2,11,12);8H,4-7H2,1-3H3,(H2,11,13)(H,12,14);8H,4-7H2,1-3H3,(H3,11,12,13,14,15);7H,5-6H2,1-4H3,(H2,10,11);7H,4-6H2,1-3H3,(H2,10,12)(H,11,13);7H,4-6H2,1-3H3,(H3,10,11,12,13,14);6H,5H2,1-4H3,(H2,9,10);6H,4-5H2,1-3H3,(H3,9,10,11,12,13);5H,4H2,1-3H3,(H3,8,9,10,11,12). The molecule has 45 nitrogen and oxygen atoms in total. The minimum atomic E-state index is -0.00676. The molecule has 9 rings (SSSR count). The van der Waals surface area contributed by atoms with Gasteiger partial charge >= 0.3 is 0 Å². The maximum atomic E-state index is 7.73. The maximum Gasteiger partial charge on any atom is 0.205 e. The van der Waals surface area contributed by atoms with Crippen LogP contribution in [0.4, 0.5) is 0 Å². The Labute approximate surface area is 749 Å². The lowest BCUT2D eigenvalue weighted by molar-refractivity contribution is 0.411. The Hall–Kier alpha value is -11.3. The number of nitrogens with zero attached hydrogens (tertiary/aromatic N) is 21. The zero-order chi connectivity index (χ0) is 94.1. The first-order chi connectivity index (χ1) is 59.5. The summed E-state index contributed by atoms with van der Waals surface area (Å²) in [4.78, 5) is 70.6. The molecule has 0 aromatic heterocycles. The Bertz CT molecular complexity index is 3570. The van der Waals surface area contributed by atoms with Gasteiger partial charge in [0.15, 0.2) is 77.5 Å². The van der Waals surface area contributed by atoms with Crippen molar-refractivity contribution in [1.29, 1.82) is 27.0 Å². The highest BCUT2D eigenvalue weighted by atomic mass is 15.5. The second-order valence-corrected chi connectivity index (χ2v) is 30.4. The van der Waals surface area contributed by atoms with Crippen molar-refractivity contribution < 1.29 is 0 Å². The lowest BCUT2D eigenvalue weighted by Gasteiger charge is -2.34. The number of unbranched alkanes of at least 4 members (excludes halogenated alkanes) is 7. The molecule has 0 aromatic rings. The van der Waals surface area contributed by atoms with Crippen LogP contribution in [-0.2, 0) is 0 Å². The lowest BCUT2D eigenvalue weighted by atomic mass is 10.2. The van der Waals surface area contributed by atoms with E-state index in [1.54, 1.807) is 52.7 Å². The van der Waals surface area contributed by atoms with E-state index in [0.717, 1.165) is 188 Å². The largest absolute Gasteiger partial charge is 0.346 e. The zero-order valence-corrected chi connectivity index (χ0v) is 81.9. The molecule has 0 bridgehead atoms. The van der Waals surface area contributed by atoms with Crippen LogP contribution in [0, 0.1) is 27.0 Å². The second kappa shape index (κ2) is 63.6. The van der Waals surface area contributed by atoms with Crippen LogP contribution in [0.15, 0.2) is 64.9 Å². The van der Waals surface area contributed by atoms with Crippen molar-refractivity contribution in [2.45, 2.75) is 270 Å². The SMILES string of the molecule is CCCCCN=C1NC(=NC)NC(C)N1.CCCCCN=C1NC(C)NC(=N)N1C.CCCCN(C)C1=NC(C)NC(=N)N1C.CCCCN=C1NC(=NC)NC(C)N1.CCCCN=C1NC(C)NC(=N)N1C.CCCN(C)C1=NC(C)NC(=N)N1C.CCCN=C1NC(=NC)NC(C)N1.CCN(C)C1=NC(C)NC(=N)N1C.CCN=C1NC(=NC)NC(C)N1. The van der Waals surface area contributed by atoms with Gasteiger partial charge in [0.1, 0.15) is 18.5 Å². The van der Waals surface area contributed by atoms with Crippen molar-refractivity contribution in [1.82, 2.24) is 140 Å². The van der Waals surface area contributed by atoms with Crippen LogP contribution in [-0.4, -0.2) is 345 Å². The molecule has 6 saturated heterocycles. The Morgan fingerprint density at radius 3 is 0.856 bits per heavy atom. The highest BCUT2D eigenvalue weighted by Crippen LogP contribution is 2.09. The van der Waals surface area contributed by atoms with Gasteiger partial charge in [-0.1, -0.05) is 93.4 Å². The second-order valence-electron chi connectivity index (χ2n) is 30.4. The van der Waals surface area contributed by atoms with E-state index in [1.807, 2.05) is 131 Å². The molecule has 9 heterocycles. The summed E-state index contributed by atoms with van der Waals surface area (Å²) in [5.41, 5.74) is 0. The summed E-state index contributed by atoms with van der Waals surface area (Å²) in [6.07, 6.45) is 17.0. The molecule has 9 unspecified atom stereocenters. The van der Waals surface area contributed by atoms with Crippen molar-refractivity contribution in [2.24, 2.45) is 64.9 Å². The molecule has 9 aliphatic heterocycles. The monoisotopic (exact) mass is 1760 g/mol. The Morgan fingerprint density at radius 2 is 0.552 bits per heavy atom. The van der Waals surface area contributed by atoms with Crippen molar-refractivity contribution in [2.75, 3.05) is 143 Å². The highest BCUT2D eigenvalue weighted by Gasteiger charge is 2.28. The van der Waals surface area contributed by atoms with Gasteiger partial charge in [-0.05, 0) is 121 Å². The first kappa shape index (κ1) is 112. The third kappa shape index (κ3) is 45.2. The highest BCUT2D eigenvalue weighted by molar-refractivity contribution is 6.05. The average molecular weight is 1760 g/mol. The van der Waals surface area contributed by atoms with Crippen LogP contribution in [0.25, 0.3) is 0 Å². The zero-order valence-electron chi connectivity index (χ0n) is 81.9. The molecule has 6 fully saturated rings. The van der Waals surface area contributed by atoms with E-state index in [1.165, 1.54) is 38.5 Å². The molecule has 9 aliphatic rings. The molecule has 0 radical (unpaired) electrons. The van der Waals surface area contributed by atoms with Crippen LogP contribution in [0.2, 0.25) is 0 Å². The molecular weight excluding hydrogens is 1590 g/mol. The van der Waals surface area contributed by atoms with Crippen LogP contribution in [0.5, 0.6) is 0 Å². The van der Waals surface area contributed by atoms with Crippen molar-refractivity contribution in [3.05, 3.63) is 0 Å². The Morgan fingerprint density at radius 1 is 0.280 bits per heavy atom. The molecule has 0 amide bonds. The fourth-order valence-corrected chi connectivity index (χ4v) is 11.5. The molecule has 9 atom stereocenters. The number of guanidine groups is 18.